The zero-order valence-electron chi connectivity index (χ0n) is 11.3. The van der Waals surface area contributed by atoms with E-state index in [0.717, 1.165) is 6.42 Å². The van der Waals surface area contributed by atoms with Crippen LogP contribution in [-0.2, 0) is 0 Å². The lowest BCUT2D eigenvalue weighted by atomic mass is 10.1. The minimum absolute atomic E-state index is 0.253. The van der Waals surface area contributed by atoms with E-state index in [4.69, 9.17) is 11.6 Å². The van der Waals surface area contributed by atoms with Gasteiger partial charge in [-0.3, -0.25) is 0 Å². The highest BCUT2D eigenvalue weighted by Crippen LogP contribution is 2.24. The Bertz CT molecular complexity index is 354. The van der Waals surface area contributed by atoms with Crippen LogP contribution in [0.1, 0.15) is 52.4 Å². The van der Waals surface area contributed by atoms with Crippen LogP contribution in [0.5, 0.6) is 0 Å². The van der Waals surface area contributed by atoms with Gasteiger partial charge in [-0.2, -0.15) is 0 Å². The van der Waals surface area contributed by atoms with Gasteiger partial charge in [0.15, 0.2) is 0 Å². The van der Waals surface area contributed by atoms with E-state index in [1.54, 1.807) is 6.07 Å². The minimum atomic E-state index is -0.253. The summed E-state index contributed by atoms with van der Waals surface area (Å²) in [5.74, 6) is -0.253. The van der Waals surface area contributed by atoms with Crippen molar-refractivity contribution in [2.45, 2.75) is 58.4 Å². The van der Waals surface area contributed by atoms with E-state index in [1.807, 2.05) is 0 Å². The van der Waals surface area contributed by atoms with Gasteiger partial charge in [0.1, 0.15) is 5.82 Å². The molecule has 1 unspecified atom stereocenters. The zero-order chi connectivity index (χ0) is 13.4. The van der Waals surface area contributed by atoms with Crippen LogP contribution in [-0.4, -0.2) is 6.04 Å². The van der Waals surface area contributed by atoms with Gasteiger partial charge in [-0.25, -0.2) is 4.39 Å². The highest BCUT2D eigenvalue weighted by molar-refractivity contribution is 6.33. The average Bonchev–Trinajstić information content (AvgIpc) is 2.33. The van der Waals surface area contributed by atoms with E-state index in [-0.39, 0.29) is 5.82 Å². The van der Waals surface area contributed by atoms with E-state index >= 15 is 0 Å². The van der Waals surface area contributed by atoms with Crippen LogP contribution >= 0.6 is 11.6 Å². The van der Waals surface area contributed by atoms with Gasteiger partial charge in [0.2, 0.25) is 0 Å². The molecule has 0 aromatic heterocycles. The molecule has 0 aliphatic heterocycles. The number of hydrogen-bond donors (Lipinski definition) is 1. The highest BCUT2D eigenvalue weighted by Gasteiger charge is 2.06. The largest absolute Gasteiger partial charge is 0.381 e. The molecule has 18 heavy (non-hydrogen) atoms. The van der Waals surface area contributed by atoms with E-state index in [0.29, 0.717) is 16.8 Å². The zero-order valence-corrected chi connectivity index (χ0v) is 12.1. The second kappa shape index (κ2) is 8.36. The van der Waals surface area contributed by atoms with Gasteiger partial charge in [0.25, 0.3) is 0 Å². The Labute approximate surface area is 115 Å². The summed E-state index contributed by atoms with van der Waals surface area (Å²) in [6.07, 6.45) is 7.47. The van der Waals surface area contributed by atoms with Gasteiger partial charge in [-0.15, -0.1) is 0 Å². The standard InChI is InChI=1S/C15H23ClFN/c1-3-4-5-6-7-8-12(2)18-15-11-13(17)9-10-14(15)16/h9-12,18H,3-8H2,1-2H3. The minimum Gasteiger partial charge on any atom is -0.381 e. The maximum atomic E-state index is 13.1. The number of benzene rings is 1. The normalized spacial score (nSPS) is 12.4. The summed E-state index contributed by atoms with van der Waals surface area (Å²) in [5.41, 5.74) is 0.692. The number of unbranched alkanes of at least 4 members (excludes halogenated alkanes) is 4. The molecule has 1 N–H and O–H groups in total. The summed E-state index contributed by atoms with van der Waals surface area (Å²) in [5, 5.41) is 3.85. The lowest BCUT2D eigenvalue weighted by Crippen LogP contribution is -2.15. The maximum Gasteiger partial charge on any atom is 0.125 e. The van der Waals surface area contributed by atoms with Crippen molar-refractivity contribution in [3.05, 3.63) is 29.0 Å². The van der Waals surface area contributed by atoms with Gasteiger partial charge < -0.3 is 5.32 Å². The molecule has 1 nitrogen and oxygen atoms in total. The van der Waals surface area contributed by atoms with Crippen molar-refractivity contribution in [2.24, 2.45) is 0 Å². The van der Waals surface area contributed by atoms with Crippen molar-refractivity contribution in [1.82, 2.24) is 0 Å². The Kier molecular flexibility index (Phi) is 7.11. The quantitative estimate of drug-likeness (QED) is 0.603. The Morgan fingerprint density at radius 2 is 1.94 bits per heavy atom. The fraction of sp³-hybridized carbons (Fsp3) is 0.600. The third kappa shape index (κ3) is 5.72. The molecule has 102 valence electrons. The first-order chi connectivity index (χ1) is 8.63. The topological polar surface area (TPSA) is 12.0 Å². The molecule has 0 radical (unpaired) electrons. The fourth-order valence-electron chi connectivity index (χ4n) is 2.00. The Balaban J connectivity index is 2.30. The predicted octanol–water partition coefficient (Wildman–Crippen LogP) is 5.64. The van der Waals surface area contributed by atoms with Gasteiger partial charge in [-0.05, 0) is 31.5 Å². The molecule has 0 saturated carbocycles. The molecular weight excluding hydrogens is 249 g/mol. The predicted molar refractivity (Wildman–Crippen MR) is 77.9 cm³/mol. The summed E-state index contributed by atoms with van der Waals surface area (Å²) < 4.78 is 13.1. The number of halogens is 2. The first-order valence-corrected chi connectivity index (χ1v) is 7.23. The number of rotatable bonds is 8. The molecule has 1 aromatic carbocycles. The summed E-state index contributed by atoms with van der Waals surface area (Å²) in [4.78, 5) is 0. The molecule has 0 bridgehead atoms. The fourth-order valence-corrected chi connectivity index (χ4v) is 2.17. The monoisotopic (exact) mass is 271 g/mol. The van der Waals surface area contributed by atoms with E-state index in [2.05, 4.69) is 19.2 Å². The summed E-state index contributed by atoms with van der Waals surface area (Å²) in [6, 6.07) is 4.75. The van der Waals surface area contributed by atoms with Crippen molar-refractivity contribution in [1.29, 1.82) is 0 Å². The first-order valence-electron chi connectivity index (χ1n) is 6.85. The van der Waals surface area contributed by atoms with Gasteiger partial charge >= 0.3 is 0 Å². The van der Waals surface area contributed by atoms with Crippen molar-refractivity contribution in [3.63, 3.8) is 0 Å². The van der Waals surface area contributed by atoms with Crippen LogP contribution in [0.4, 0.5) is 10.1 Å². The number of anilines is 1. The molecule has 0 heterocycles. The third-order valence-corrected chi connectivity index (χ3v) is 3.40. The van der Waals surface area contributed by atoms with Crippen molar-refractivity contribution < 1.29 is 4.39 Å². The lowest BCUT2D eigenvalue weighted by molar-refractivity contribution is 0.578. The number of nitrogens with one attached hydrogen (secondary N) is 1. The molecule has 3 heteroatoms. The highest BCUT2D eigenvalue weighted by atomic mass is 35.5. The number of hydrogen-bond acceptors (Lipinski definition) is 1. The van der Waals surface area contributed by atoms with Crippen molar-refractivity contribution >= 4 is 17.3 Å². The third-order valence-electron chi connectivity index (χ3n) is 3.07. The molecule has 0 fully saturated rings. The molecule has 1 aromatic rings. The van der Waals surface area contributed by atoms with Crippen LogP contribution in [0, 0.1) is 5.82 Å². The lowest BCUT2D eigenvalue weighted by Gasteiger charge is -2.16. The van der Waals surface area contributed by atoms with Gasteiger partial charge in [0.05, 0.1) is 10.7 Å². The maximum absolute atomic E-state index is 13.1. The Hall–Kier alpha value is -0.760. The summed E-state index contributed by atoms with van der Waals surface area (Å²) >= 11 is 6.01. The molecule has 0 saturated heterocycles. The van der Waals surface area contributed by atoms with Crippen LogP contribution in [0.25, 0.3) is 0 Å². The van der Waals surface area contributed by atoms with E-state index < -0.39 is 0 Å². The van der Waals surface area contributed by atoms with E-state index in [1.165, 1.54) is 44.2 Å². The van der Waals surface area contributed by atoms with Gasteiger partial charge in [0, 0.05) is 6.04 Å². The Morgan fingerprint density at radius 1 is 1.22 bits per heavy atom. The molecule has 0 amide bonds. The smallest absolute Gasteiger partial charge is 0.125 e. The average molecular weight is 272 g/mol. The van der Waals surface area contributed by atoms with Crippen LogP contribution in [0.15, 0.2) is 18.2 Å². The summed E-state index contributed by atoms with van der Waals surface area (Å²) in [7, 11) is 0. The van der Waals surface area contributed by atoms with Gasteiger partial charge in [-0.1, -0.05) is 50.6 Å². The molecular formula is C15H23ClFN. The van der Waals surface area contributed by atoms with Crippen LogP contribution in [0.2, 0.25) is 5.02 Å². The first kappa shape index (κ1) is 15.3. The van der Waals surface area contributed by atoms with Crippen molar-refractivity contribution in [3.8, 4) is 0 Å². The summed E-state index contributed by atoms with van der Waals surface area (Å²) in [6.45, 7) is 4.33. The molecule has 0 aliphatic rings. The van der Waals surface area contributed by atoms with Crippen molar-refractivity contribution in [2.75, 3.05) is 5.32 Å². The molecule has 1 atom stereocenters. The van der Waals surface area contributed by atoms with Crippen LogP contribution < -0.4 is 5.32 Å². The Morgan fingerprint density at radius 3 is 2.67 bits per heavy atom. The second-order valence-electron chi connectivity index (χ2n) is 4.87. The molecule has 0 aliphatic carbocycles. The second-order valence-corrected chi connectivity index (χ2v) is 5.28. The molecule has 1 rings (SSSR count). The SMILES string of the molecule is CCCCCCCC(C)Nc1cc(F)ccc1Cl. The van der Waals surface area contributed by atoms with E-state index in [9.17, 15) is 4.39 Å². The molecule has 0 spiro atoms. The van der Waals surface area contributed by atoms with Crippen LogP contribution in [0.3, 0.4) is 0 Å².